The zero-order chi connectivity index (χ0) is 13.8. The number of rotatable bonds is 3. The van der Waals surface area contributed by atoms with Gasteiger partial charge in [0, 0.05) is 24.6 Å². The number of hydrogen-bond acceptors (Lipinski definition) is 4. The summed E-state index contributed by atoms with van der Waals surface area (Å²) in [7, 11) is 0. The summed E-state index contributed by atoms with van der Waals surface area (Å²) >= 11 is 0. The van der Waals surface area contributed by atoms with Crippen LogP contribution in [0.5, 0.6) is 0 Å². The van der Waals surface area contributed by atoms with Gasteiger partial charge in [0.05, 0.1) is 18.3 Å². The molecule has 0 saturated carbocycles. The van der Waals surface area contributed by atoms with E-state index in [4.69, 9.17) is 4.74 Å². The fourth-order valence-corrected chi connectivity index (χ4v) is 2.22. The first kappa shape index (κ1) is 12.8. The molecule has 1 fully saturated rings. The van der Waals surface area contributed by atoms with Crippen LogP contribution in [-0.2, 0) is 4.74 Å². The lowest BCUT2D eigenvalue weighted by atomic mass is 10.1. The number of nitrogens with one attached hydrogen (secondary N) is 2. The van der Waals surface area contributed by atoms with Crippen LogP contribution in [0.1, 0.15) is 23.3 Å². The van der Waals surface area contributed by atoms with Crippen LogP contribution in [0.15, 0.2) is 30.6 Å². The van der Waals surface area contributed by atoms with E-state index in [1.165, 1.54) is 0 Å². The number of hydrogen-bond donors (Lipinski definition) is 2. The third-order valence-corrected chi connectivity index (χ3v) is 3.28. The largest absolute Gasteiger partial charge is 0.379 e. The molecule has 1 aliphatic rings. The topological polar surface area (TPSA) is 79.9 Å². The summed E-state index contributed by atoms with van der Waals surface area (Å²) in [6.45, 7) is 1.36. The molecule has 0 spiro atoms. The standard InChI is InChI=1S/C14H16N4O2/c19-14(16-11-4-2-6-20-9-11)13-7-12(17-18-13)10-3-1-5-15-8-10/h1,3,5,7-8,11H,2,4,6,9H2,(H,16,19)(H,17,18)/t11-/m1/s1. The highest BCUT2D eigenvalue weighted by Crippen LogP contribution is 2.16. The van der Waals surface area contributed by atoms with Crippen LogP contribution in [0.2, 0.25) is 0 Å². The van der Waals surface area contributed by atoms with Crippen LogP contribution in [0.3, 0.4) is 0 Å². The Morgan fingerprint density at radius 1 is 1.50 bits per heavy atom. The van der Waals surface area contributed by atoms with E-state index in [0.717, 1.165) is 25.0 Å². The molecule has 1 amide bonds. The summed E-state index contributed by atoms with van der Waals surface area (Å²) < 4.78 is 5.34. The van der Waals surface area contributed by atoms with Gasteiger partial charge in [0.2, 0.25) is 0 Å². The minimum absolute atomic E-state index is 0.0846. The van der Waals surface area contributed by atoms with E-state index in [9.17, 15) is 4.79 Å². The highest BCUT2D eigenvalue weighted by molar-refractivity contribution is 5.93. The van der Waals surface area contributed by atoms with Crippen molar-refractivity contribution in [3.63, 3.8) is 0 Å². The van der Waals surface area contributed by atoms with Crippen molar-refractivity contribution in [1.82, 2.24) is 20.5 Å². The number of aromatic nitrogens is 3. The number of pyridine rings is 1. The summed E-state index contributed by atoms with van der Waals surface area (Å²) in [6.07, 6.45) is 5.35. The number of H-pyrrole nitrogens is 1. The molecule has 104 valence electrons. The summed E-state index contributed by atoms with van der Waals surface area (Å²) in [5.41, 5.74) is 2.04. The summed E-state index contributed by atoms with van der Waals surface area (Å²) in [5.74, 6) is -0.150. The predicted molar refractivity (Wildman–Crippen MR) is 73.1 cm³/mol. The second-order valence-electron chi connectivity index (χ2n) is 4.80. The van der Waals surface area contributed by atoms with Crippen LogP contribution >= 0.6 is 0 Å². The van der Waals surface area contributed by atoms with Gasteiger partial charge in [-0.2, -0.15) is 5.10 Å². The summed E-state index contributed by atoms with van der Waals surface area (Å²) in [5, 5.41) is 9.86. The maximum Gasteiger partial charge on any atom is 0.269 e. The average molecular weight is 272 g/mol. The number of ether oxygens (including phenoxy) is 1. The van der Waals surface area contributed by atoms with E-state index in [0.29, 0.717) is 18.0 Å². The molecule has 0 aromatic carbocycles. The molecular formula is C14H16N4O2. The molecule has 2 aromatic heterocycles. The summed E-state index contributed by atoms with van der Waals surface area (Å²) in [6, 6.07) is 5.56. The number of amides is 1. The van der Waals surface area contributed by atoms with Crippen LogP contribution < -0.4 is 5.32 Å². The molecule has 3 heterocycles. The van der Waals surface area contributed by atoms with Crippen LogP contribution in [0.25, 0.3) is 11.3 Å². The predicted octanol–water partition coefficient (Wildman–Crippen LogP) is 1.38. The van der Waals surface area contributed by atoms with Gasteiger partial charge in [-0.1, -0.05) is 0 Å². The molecule has 3 rings (SSSR count). The molecule has 0 unspecified atom stereocenters. The van der Waals surface area contributed by atoms with Crippen molar-refractivity contribution >= 4 is 5.91 Å². The monoisotopic (exact) mass is 272 g/mol. The first-order chi connectivity index (χ1) is 9.83. The van der Waals surface area contributed by atoms with E-state index in [1.807, 2.05) is 12.1 Å². The lowest BCUT2D eigenvalue weighted by Gasteiger charge is -2.22. The van der Waals surface area contributed by atoms with Crippen molar-refractivity contribution in [3.05, 3.63) is 36.3 Å². The second-order valence-corrected chi connectivity index (χ2v) is 4.80. The SMILES string of the molecule is O=C(N[C@@H]1CCCOC1)c1cc(-c2cccnc2)n[nH]1. The second kappa shape index (κ2) is 5.83. The molecule has 0 aliphatic carbocycles. The highest BCUT2D eigenvalue weighted by atomic mass is 16.5. The van der Waals surface area contributed by atoms with Crippen molar-refractivity contribution in [2.45, 2.75) is 18.9 Å². The molecule has 0 bridgehead atoms. The molecule has 0 radical (unpaired) electrons. The van der Waals surface area contributed by atoms with Gasteiger partial charge >= 0.3 is 0 Å². The molecule has 2 aromatic rings. The van der Waals surface area contributed by atoms with E-state index >= 15 is 0 Å². The zero-order valence-corrected chi connectivity index (χ0v) is 11.0. The highest BCUT2D eigenvalue weighted by Gasteiger charge is 2.18. The summed E-state index contributed by atoms with van der Waals surface area (Å²) in [4.78, 5) is 16.1. The molecule has 6 nitrogen and oxygen atoms in total. The average Bonchev–Trinajstić information content (AvgIpc) is 2.99. The van der Waals surface area contributed by atoms with Gasteiger partial charge in [-0.05, 0) is 31.0 Å². The van der Waals surface area contributed by atoms with Crippen molar-refractivity contribution in [1.29, 1.82) is 0 Å². The van der Waals surface area contributed by atoms with Gasteiger partial charge in [-0.25, -0.2) is 0 Å². The Hall–Kier alpha value is -2.21. The third kappa shape index (κ3) is 2.85. The molecule has 6 heteroatoms. The Kier molecular flexibility index (Phi) is 3.73. The number of aromatic amines is 1. The van der Waals surface area contributed by atoms with Crippen molar-refractivity contribution in [2.24, 2.45) is 0 Å². The Bertz CT molecular complexity index is 576. The first-order valence-corrected chi connectivity index (χ1v) is 6.67. The fourth-order valence-electron chi connectivity index (χ4n) is 2.22. The third-order valence-electron chi connectivity index (χ3n) is 3.28. The van der Waals surface area contributed by atoms with E-state index in [-0.39, 0.29) is 11.9 Å². The minimum atomic E-state index is -0.150. The maximum atomic E-state index is 12.1. The normalized spacial score (nSPS) is 18.7. The smallest absolute Gasteiger partial charge is 0.269 e. The molecule has 1 aliphatic heterocycles. The van der Waals surface area contributed by atoms with E-state index in [1.54, 1.807) is 18.5 Å². The Morgan fingerprint density at radius 2 is 2.45 bits per heavy atom. The van der Waals surface area contributed by atoms with Crippen LogP contribution in [0.4, 0.5) is 0 Å². The Labute approximate surface area is 116 Å². The number of nitrogens with zero attached hydrogens (tertiary/aromatic N) is 2. The first-order valence-electron chi connectivity index (χ1n) is 6.67. The molecule has 2 N–H and O–H groups in total. The van der Waals surface area contributed by atoms with Crippen molar-refractivity contribution in [2.75, 3.05) is 13.2 Å². The van der Waals surface area contributed by atoms with Gasteiger partial charge in [0.1, 0.15) is 5.69 Å². The maximum absolute atomic E-state index is 12.1. The van der Waals surface area contributed by atoms with Crippen LogP contribution in [-0.4, -0.2) is 40.3 Å². The van der Waals surface area contributed by atoms with Crippen LogP contribution in [0, 0.1) is 0 Å². The lowest BCUT2D eigenvalue weighted by molar-refractivity contribution is 0.0622. The fraction of sp³-hybridized carbons (Fsp3) is 0.357. The van der Waals surface area contributed by atoms with Gasteiger partial charge in [-0.3, -0.25) is 14.9 Å². The number of carbonyl (C=O) groups is 1. The van der Waals surface area contributed by atoms with Gasteiger partial charge in [0.15, 0.2) is 0 Å². The van der Waals surface area contributed by atoms with Gasteiger partial charge in [-0.15, -0.1) is 0 Å². The minimum Gasteiger partial charge on any atom is -0.379 e. The molecule has 1 atom stereocenters. The van der Waals surface area contributed by atoms with E-state index < -0.39 is 0 Å². The molecule has 20 heavy (non-hydrogen) atoms. The Balaban J connectivity index is 1.68. The van der Waals surface area contributed by atoms with Gasteiger partial charge < -0.3 is 10.1 Å². The molecule has 1 saturated heterocycles. The Morgan fingerprint density at radius 3 is 3.20 bits per heavy atom. The molecular weight excluding hydrogens is 256 g/mol. The zero-order valence-electron chi connectivity index (χ0n) is 11.0. The lowest BCUT2D eigenvalue weighted by Crippen LogP contribution is -2.40. The quantitative estimate of drug-likeness (QED) is 0.884. The van der Waals surface area contributed by atoms with E-state index in [2.05, 4.69) is 20.5 Å². The van der Waals surface area contributed by atoms with Crippen molar-refractivity contribution < 1.29 is 9.53 Å². The number of carbonyl (C=O) groups excluding carboxylic acids is 1. The van der Waals surface area contributed by atoms with Gasteiger partial charge in [0.25, 0.3) is 5.91 Å². The van der Waals surface area contributed by atoms with Crippen molar-refractivity contribution in [3.8, 4) is 11.3 Å².